The summed E-state index contributed by atoms with van der Waals surface area (Å²) in [5.41, 5.74) is 8.26. The Labute approximate surface area is 378 Å². The van der Waals surface area contributed by atoms with Crippen LogP contribution < -0.4 is 0 Å². The van der Waals surface area contributed by atoms with Gasteiger partial charge in [-0.05, 0) is 90.4 Å². The number of likely N-dealkylation sites (N-methyl/N-ethyl adjacent to an activating group) is 2. The van der Waals surface area contributed by atoms with E-state index in [2.05, 4.69) is 144 Å². The van der Waals surface area contributed by atoms with Gasteiger partial charge in [0.15, 0.2) is 0 Å². The topological polar surface area (TPSA) is 104 Å². The first-order valence-corrected chi connectivity index (χ1v) is 26.8. The summed E-state index contributed by atoms with van der Waals surface area (Å²) >= 11 is 0. The zero-order valence-electron chi connectivity index (χ0n) is 38.2. The van der Waals surface area contributed by atoms with Crippen molar-refractivity contribution >= 4 is 41.7 Å². The van der Waals surface area contributed by atoms with Crippen molar-refractivity contribution in [3.63, 3.8) is 0 Å². The molecule has 11 heteroatoms. The molecular formula is C53H62N8O2Si. The maximum absolute atomic E-state index is 14.7. The molecule has 2 N–H and O–H groups in total. The first-order chi connectivity index (χ1) is 31.1. The molecule has 5 aromatic carbocycles. The van der Waals surface area contributed by atoms with Crippen LogP contribution in [0.5, 0.6) is 0 Å². The molecule has 0 unspecified atom stereocenters. The first-order valence-electron chi connectivity index (χ1n) is 23.4. The van der Waals surface area contributed by atoms with E-state index in [1.807, 2.05) is 47.5 Å². The average Bonchev–Trinajstić information content (AvgIpc) is 4.16. The molecule has 2 amide bonds. The number of nitrogens with zero attached hydrogens (tertiary/aromatic N) is 6. The molecule has 0 radical (unpaired) electrons. The Morgan fingerprint density at radius 3 is 1.91 bits per heavy atom. The van der Waals surface area contributed by atoms with E-state index in [9.17, 15) is 9.59 Å². The second kappa shape index (κ2) is 18.3. The molecule has 2 aliphatic heterocycles. The standard InChI is InChI=1S/C53H62N8O2Si/c1-7-58(8-2)48(38-18-13-11-14-19-38)52(62)60-31-17-22-45(60)50-54-33-44(56-50)37-25-23-36(24-26-37)40-27-29-42-41(32-40)28-30-43-47(42)57-51(55-43)46-34-64(5,6)35-61(46)53(63)49(59(9-3)10-4)39-20-15-12-16-21-39/h11-16,18-21,23-30,32-33,45-46,48-49H,7-10,17,22,31,34-35H2,1-6H3,(H,54,56)(H,55,57)/t45-,46-,48+,49+/m0/s1. The third kappa shape index (κ3) is 8.32. The molecule has 0 spiro atoms. The highest BCUT2D eigenvalue weighted by atomic mass is 28.3. The van der Waals surface area contributed by atoms with Crippen LogP contribution in [0.4, 0.5) is 0 Å². The average molecular weight is 871 g/mol. The Hall–Kier alpha value is -5.88. The van der Waals surface area contributed by atoms with Crippen molar-refractivity contribution < 1.29 is 9.59 Å². The lowest BCUT2D eigenvalue weighted by atomic mass is 9.99. The van der Waals surface area contributed by atoms with E-state index in [0.717, 1.165) is 125 Å². The largest absolute Gasteiger partial charge is 0.340 e. The molecule has 0 saturated carbocycles. The number of imidazole rings is 2. The van der Waals surface area contributed by atoms with Crippen LogP contribution in [-0.2, 0) is 9.59 Å². The molecule has 2 aromatic heterocycles. The van der Waals surface area contributed by atoms with E-state index in [-0.39, 0.29) is 36.0 Å². The highest BCUT2D eigenvalue weighted by molar-refractivity contribution is 6.78. The number of amides is 2. The number of likely N-dealkylation sites (tertiary alicyclic amines) is 1. The molecule has 4 atom stereocenters. The molecule has 2 aliphatic rings. The molecule has 2 saturated heterocycles. The summed E-state index contributed by atoms with van der Waals surface area (Å²) in [6, 6.07) is 40.1. The molecule has 7 aromatic rings. The van der Waals surface area contributed by atoms with Crippen LogP contribution >= 0.6 is 0 Å². The van der Waals surface area contributed by atoms with Gasteiger partial charge in [0, 0.05) is 18.1 Å². The van der Waals surface area contributed by atoms with Crippen LogP contribution in [0, 0.1) is 0 Å². The van der Waals surface area contributed by atoms with Gasteiger partial charge < -0.3 is 19.8 Å². The SMILES string of the molecule is CCN(CC)[C@@H](C(=O)N1CCC[C@H]1c1ncc(-c2ccc(-c3ccc4c(ccc5nc([C@@H]6C[Si](C)(C)CN6C(=O)[C@@H](c6ccccc6)N(CC)CC)[nH]c54)c3)cc2)[nH]1)c1ccccc1. The molecule has 2 fully saturated rings. The number of carbonyl (C=O) groups is 2. The highest BCUT2D eigenvalue weighted by Gasteiger charge is 2.46. The molecule has 0 bridgehead atoms. The van der Waals surface area contributed by atoms with Gasteiger partial charge in [-0.15, -0.1) is 0 Å². The smallest absolute Gasteiger partial charge is 0.245 e. The molecule has 0 aliphatic carbocycles. The predicted molar refractivity (Wildman–Crippen MR) is 261 cm³/mol. The van der Waals surface area contributed by atoms with Gasteiger partial charge in [-0.3, -0.25) is 19.4 Å². The lowest BCUT2D eigenvalue weighted by Gasteiger charge is -2.34. The van der Waals surface area contributed by atoms with Gasteiger partial charge in [-0.2, -0.15) is 0 Å². The zero-order valence-corrected chi connectivity index (χ0v) is 39.2. The van der Waals surface area contributed by atoms with E-state index in [1.165, 1.54) is 0 Å². The fourth-order valence-electron chi connectivity index (χ4n) is 10.5. The summed E-state index contributed by atoms with van der Waals surface area (Å²) < 4.78 is 0. The highest BCUT2D eigenvalue weighted by Crippen LogP contribution is 2.41. The third-order valence-electron chi connectivity index (χ3n) is 13.8. The summed E-state index contributed by atoms with van der Waals surface area (Å²) in [4.78, 5) is 55.1. The van der Waals surface area contributed by atoms with E-state index in [4.69, 9.17) is 9.97 Å². The van der Waals surface area contributed by atoms with Gasteiger partial charge >= 0.3 is 0 Å². The number of hydrogen-bond acceptors (Lipinski definition) is 6. The molecule has 10 nitrogen and oxygen atoms in total. The zero-order chi connectivity index (χ0) is 44.5. The Morgan fingerprint density at radius 1 is 0.688 bits per heavy atom. The summed E-state index contributed by atoms with van der Waals surface area (Å²) in [6.07, 6.45) is 4.55. The monoisotopic (exact) mass is 870 g/mol. The second-order valence-corrected chi connectivity index (χ2v) is 23.4. The van der Waals surface area contributed by atoms with Crippen molar-refractivity contribution in [2.75, 3.05) is 38.9 Å². The molecule has 4 heterocycles. The number of H-pyrrole nitrogens is 2. The number of aromatic amines is 2. The molecule has 64 heavy (non-hydrogen) atoms. The fraction of sp³-hybridized carbons (Fsp3) is 0.358. The minimum absolute atomic E-state index is 0.0878. The summed E-state index contributed by atoms with van der Waals surface area (Å²) in [7, 11) is -1.71. The van der Waals surface area contributed by atoms with Crippen molar-refractivity contribution in [2.24, 2.45) is 0 Å². The Morgan fingerprint density at radius 2 is 1.28 bits per heavy atom. The third-order valence-corrected chi connectivity index (χ3v) is 16.5. The van der Waals surface area contributed by atoms with Crippen LogP contribution in [0.2, 0.25) is 19.1 Å². The lowest BCUT2D eigenvalue weighted by Crippen LogP contribution is -2.44. The number of aromatic nitrogens is 4. The summed E-state index contributed by atoms with van der Waals surface area (Å²) in [5, 5.41) is 2.25. The van der Waals surface area contributed by atoms with Crippen LogP contribution in [0.1, 0.15) is 87.5 Å². The maximum Gasteiger partial charge on any atom is 0.245 e. The number of benzene rings is 5. The number of rotatable bonds is 14. The number of nitrogens with one attached hydrogen (secondary N) is 2. The van der Waals surface area contributed by atoms with Gasteiger partial charge in [-0.25, -0.2) is 9.97 Å². The minimum atomic E-state index is -1.71. The summed E-state index contributed by atoms with van der Waals surface area (Å²) in [5.74, 6) is 2.03. The van der Waals surface area contributed by atoms with Gasteiger partial charge in [0.2, 0.25) is 11.8 Å². The van der Waals surface area contributed by atoms with Crippen molar-refractivity contribution in [1.29, 1.82) is 0 Å². The number of fused-ring (bicyclic) bond motifs is 3. The van der Waals surface area contributed by atoms with Gasteiger partial charge in [0.1, 0.15) is 23.7 Å². The summed E-state index contributed by atoms with van der Waals surface area (Å²) in [6.45, 7) is 17.2. The Balaban J connectivity index is 0.939. The van der Waals surface area contributed by atoms with E-state index in [1.54, 1.807) is 0 Å². The number of carbonyl (C=O) groups excluding carboxylic acids is 2. The van der Waals surface area contributed by atoms with E-state index in [0.29, 0.717) is 0 Å². The minimum Gasteiger partial charge on any atom is -0.340 e. The molecular weight excluding hydrogens is 809 g/mol. The van der Waals surface area contributed by atoms with Gasteiger partial charge in [0.25, 0.3) is 0 Å². The Bertz CT molecular complexity index is 2720. The predicted octanol–water partition coefficient (Wildman–Crippen LogP) is 10.7. The van der Waals surface area contributed by atoms with Gasteiger partial charge in [0.05, 0.1) is 43.1 Å². The van der Waals surface area contributed by atoms with Crippen LogP contribution in [0.25, 0.3) is 44.2 Å². The number of hydrogen-bond donors (Lipinski definition) is 2. The van der Waals surface area contributed by atoms with Crippen LogP contribution in [-0.4, -0.2) is 98.3 Å². The van der Waals surface area contributed by atoms with Crippen molar-refractivity contribution in [3.8, 4) is 22.4 Å². The molecule has 330 valence electrons. The fourth-order valence-corrected chi connectivity index (χ4v) is 13.4. The van der Waals surface area contributed by atoms with Gasteiger partial charge in [-0.1, -0.05) is 144 Å². The van der Waals surface area contributed by atoms with Crippen molar-refractivity contribution in [2.45, 2.75) is 83.8 Å². The van der Waals surface area contributed by atoms with E-state index < -0.39 is 8.07 Å². The quantitative estimate of drug-likeness (QED) is 0.106. The van der Waals surface area contributed by atoms with Crippen molar-refractivity contribution in [1.82, 2.24) is 39.5 Å². The van der Waals surface area contributed by atoms with Crippen LogP contribution in [0.15, 0.2) is 121 Å². The first kappa shape index (κ1) is 43.4. The van der Waals surface area contributed by atoms with E-state index >= 15 is 0 Å². The molecule has 9 rings (SSSR count). The lowest BCUT2D eigenvalue weighted by molar-refractivity contribution is -0.139. The second-order valence-electron chi connectivity index (χ2n) is 18.4. The van der Waals surface area contributed by atoms with Crippen LogP contribution in [0.3, 0.4) is 0 Å². The Kier molecular flexibility index (Phi) is 12.4. The normalized spacial score (nSPS) is 18.4. The maximum atomic E-state index is 14.7. The van der Waals surface area contributed by atoms with Crippen molar-refractivity contribution in [3.05, 3.63) is 144 Å².